The number of hydrogen-bond acceptors (Lipinski definition) is 3. The number of methoxy groups -OCH3 is 1. The molecular formula is C20H17Cl2F3N2O3. The molecule has 0 atom stereocenters. The molecule has 3 rings (SSSR count). The number of hydrogen-bond donors (Lipinski definition) is 0. The molecule has 0 spiro atoms. The second kappa shape index (κ2) is 8.73. The summed E-state index contributed by atoms with van der Waals surface area (Å²) in [6.45, 7) is 0.544. The zero-order chi connectivity index (χ0) is 22.1. The third kappa shape index (κ3) is 4.49. The number of ether oxygens (including phenoxy) is 1. The molecule has 0 aromatic heterocycles. The van der Waals surface area contributed by atoms with Gasteiger partial charge in [0.2, 0.25) is 0 Å². The van der Waals surface area contributed by atoms with Gasteiger partial charge in [0.15, 0.2) is 5.75 Å². The summed E-state index contributed by atoms with van der Waals surface area (Å²) < 4.78 is 44.6. The molecule has 0 aliphatic carbocycles. The third-order valence-electron chi connectivity index (χ3n) is 4.77. The van der Waals surface area contributed by atoms with Gasteiger partial charge in [-0.3, -0.25) is 9.59 Å². The van der Waals surface area contributed by atoms with Crippen LogP contribution in [0, 0.1) is 0 Å². The average Bonchev–Trinajstić information content (AvgIpc) is 2.72. The molecule has 0 bridgehead atoms. The Morgan fingerprint density at radius 2 is 1.43 bits per heavy atom. The Balaban J connectivity index is 1.71. The number of amides is 2. The zero-order valence-electron chi connectivity index (χ0n) is 15.8. The quantitative estimate of drug-likeness (QED) is 0.671. The van der Waals surface area contributed by atoms with Gasteiger partial charge in [0.1, 0.15) is 0 Å². The summed E-state index contributed by atoms with van der Waals surface area (Å²) in [6.07, 6.45) is -4.63. The summed E-state index contributed by atoms with van der Waals surface area (Å²) >= 11 is 12.2. The molecule has 0 radical (unpaired) electrons. The van der Waals surface area contributed by atoms with Gasteiger partial charge in [-0.25, -0.2) is 0 Å². The molecule has 10 heteroatoms. The summed E-state index contributed by atoms with van der Waals surface area (Å²) in [5, 5.41) is 0.372. The molecule has 2 aromatic carbocycles. The number of piperazine rings is 1. The van der Waals surface area contributed by atoms with Crippen molar-refractivity contribution in [3.05, 3.63) is 63.1 Å². The van der Waals surface area contributed by atoms with Crippen LogP contribution in [0.3, 0.4) is 0 Å². The third-order valence-corrected chi connectivity index (χ3v) is 5.33. The first-order valence-corrected chi connectivity index (χ1v) is 9.67. The van der Waals surface area contributed by atoms with Crippen LogP contribution in [0.4, 0.5) is 13.2 Å². The molecule has 1 heterocycles. The summed E-state index contributed by atoms with van der Waals surface area (Å²) in [5.74, 6) is -0.802. The Kier molecular flexibility index (Phi) is 6.47. The van der Waals surface area contributed by atoms with Crippen LogP contribution in [0.2, 0.25) is 10.0 Å². The highest BCUT2D eigenvalue weighted by Gasteiger charge is 2.36. The summed E-state index contributed by atoms with van der Waals surface area (Å²) in [5.41, 5.74) is -1.12. The number of carbonyl (C=O) groups excluding carboxylic acids is 2. The van der Waals surface area contributed by atoms with Crippen LogP contribution in [-0.2, 0) is 6.18 Å². The molecule has 1 aliphatic heterocycles. The van der Waals surface area contributed by atoms with Gasteiger partial charge >= 0.3 is 6.18 Å². The lowest BCUT2D eigenvalue weighted by atomic mass is 10.1. The minimum atomic E-state index is -4.63. The molecular weight excluding hydrogens is 444 g/mol. The lowest BCUT2D eigenvalue weighted by molar-refractivity contribution is -0.138. The normalized spacial score (nSPS) is 14.6. The number of rotatable bonds is 3. The predicted octanol–water partition coefficient (Wildman–Crippen LogP) is 4.62. The monoisotopic (exact) mass is 460 g/mol. The number of nitrogens with zero attached hydrogens (tertiary/aromatic N) is 2. The highest BCUT2D eigenvalue weighted by molar-refractivity contribution is 6.37. The van der Waals surface area contributed by atoms with Crippen LogP contribution < -0.4 is 4.74 Å². The lowest BCUT2D eigenvalue weighted by Crippen LogP contribution is -2.50. The van der Waals surface area contributed by atoms with Crippen molar-refractivity contribution in [2.24, 2.45) is 0 Å². The molecule has 1 fully saturated rings. The van der Waals surface area contributed by atoms with Crippen molar-refractivity contribution in [3.63, 3.8) is 0 Å². The Morgan fingerprint density at radius 3 is 1.93 bits per heavy atom. The van der Waals surface area contributed by atoms with E-state index in [1.807, 2.05) is 0 Å². The van der Waals surface area contributed by atoms with Crippen LogP contribution in [0.5, 0.6) is 5.75 Å². The number of halogens is 5. The van der Waals surface area contributed by atoms with Crippen molar-refractivity contribution in [1.29, 1.82) is 0 Å². The van der Waals surface area contributed by atoms with Crippen LogP contribution in [0.25, 0.3) is 0 Å². The SMILES string of the molecule is COc1c(Cl)cc(C(=O)N2CCN(C(=O)c3ccccc3C(F)(F)F)CC2)cc1Cl. The van der Waals surface area contributed by atoms with Gasteiger partial charge in [-0.1, -0.05) is 35.3 Å². The lowest BCUT2D eigenvalue weighted by Gasteiger charge is -2.35. The fourth-order valence-electron chi connectivity index (χ4n) is 3.26. The first-order chi connectivity index (χ1) is 14.1. The van der Waals surface area contributed by atoms with Gasteiger partial charge in [-0.15, -0.1) is 0 Å². The Hall–Kier alpha value is -2.45. The molecule has 2 aromatic rings. The number of carbonyl (C=O) groups is 2. The highest BCUT2D eigenvalue weighted by atomic mass is 35.5. The van der Waals surface area contributed by atoms with Gasteiger partial charge in [0.05, 0.1) is 28.3 Å². The van der Waals surface area contributed by atoms with Crippen molar-refractivity contribution in [2.75, 3.05) is 33.3 Å². The van der Waals surface area contributed by atoms with Gasteiger partial charge < -0.3 is 14.5 Å². The number of alkyl halides is 3. The topological polar surface area (TPSA) is 49.9 Å². The fraction of sp³-hybridized carbons (Fsp3) is 0.300. The zero-order valence-corrected chi connectivity index (χ0v) is 17.3. The molecule has 160 valence electrons. The molecule has 1 saturated heterocycles. The molecule has 0 unspecified atom stereocenters. The van der Waals surface area contributed by atoms with Crippen LogP contribution in [0.1, 0.15) is 26.3 Å². The van der Waals surface area contributed by atoms with E-state index in [2.05, 4.69) is 0 Å². The fourth-order valence-corrected chi connectivity index (χ4v) is 3.90. The minimum Gasteiger partial charge on any atom is -0.494 e. The van der Waals surface area contributed by atoms with Crippen molar-refractivity contribution in [3.8, 4) is 5.75 Å². The molecule has 0 N–H and O–H groups in total. The average molecular weight is 461 g/mol. The van der Waals surface area contributed by atoms with Crippen LogP contribution >= 0.6 is 23.2 Å². The molecule has 5 nitrogen and oxygen atoms in total. The predicted molar refractivity (Wildman–Crippen MR) is 106 cm³/mol. The first-order valence-electron chi connectivity index (χ1n) is 8.91. The van der Waals surface area contributed by atoms with E-state index < -0.39 is 23.2 Å². The van der Waals surface area contributed by atoms with Crippen LogP contribution in [-0.4, -0.2) is 54.9 Å². The second-order valence-corrected chi connectivity index (χ2v) is 7.42. The Bertz CT molecular complexity index is 951. The maximum absolute atomic E-state index is 13.2. The Morgan fingerprint density at radius 1 is 0.933 bits per heavy atom. The van der Waals surface area contributed by atoms with Crippen molar-refractivity contribution < 1.29 is 27.5 Å². The minimum absolute atomic E-state index is 0.106. The van der Waals surface area contributed by atoms with E-state index in [9.17, 15) is 22.8 Å². The van der Waals surface area contributed by atoms with Crippen molar-refractivity contribution in [1.82, 2.24) is 9.80 Å². The molecule has 30 heavy (non-hydrogen) atoms. The highest BCUT2D eigenvalue weighted by Crippen LogP contribution is 2.35. The van der Waals surface area contributed by atoms with Crippen molar-refractivity contribution in [2.45, 2.75) is 6.18 Å². The van der Waals surface area contributed by atoms with E-state index in [0.717, 1.165) is 12.1 Å². The van der Waals surface area contributed by atoms with Crippen molar-refractivity contribution >= 4 is 35.0 Å². The van der Waals surface area contributed by atoms with Gasteiger partial charge in [0, 0.05) is 31.7 Å². The van der Waals surface area contributed by atoms with E-state index in [1.165, 1.54) is 41.2 Å². The summed E-state index contributed by atoms with van der Waals surface area (Å²) in [4.78, 5) is 28.2. The van der Waals surface area contributed by atoms with E-state index in [1.54, 1.807) is 0 Å². The molecule has 2 amide bonds. The first kappa shape index (κ1) is 22.2. The Labute approximate surface area is 180 Å². The van der Waals surface area contributed by atoms with E-state index in [-0.39, 0.29) is 53.4 Å². The molecule has 0 saturated carbocycles. The smallest absolute Gasteiger partial charge is 0.417 e. The largest absolute Gasteiger partial charge is 0.494 e. The maximum atomic E-state index is 13.2. The molecule has 1 aliphatic rings. The second-order valence-electron chi connectivity index (χ2n) is 6.60. The maximum Gasteiger partial charge on any atom is 0.417 e. The van der Waals surface area contributed by atoms with Gasteiger partial charge in [-0.05, 0) is 24.3 Å². The number of benzene rings is 2. The van der Waals surface area contributed by atoms with Gasteiger partial charge in [0.25, 0.3) is 11.8 Å². The van der Waals surface area contributed by atoms with Crippen LogP contribution in [0.15, 0.2) is 36.4 Å². The van der Waals surface area contributed by atoms with E-state index >= 15 is 0 Å². The standard InChI is InChI=1S/C20H17Cl2F3N2O3/c1-30-17-15(21)10-12(11-16(17)22)18(28)26-6-8-27(9-7-26)19(29)13-4-2-3-5-14(13)20(23,24)25/h2-5,10-11H,6-9H2,1H3. The van der Waals surface area contributed by atoms with E-state index in [0.29, 0.717) is 0 Å². The summed E-state index contributed by atoms with van der Waals surface area (Å²) in [6, 6.07) is 7.53. The van der Waals surface area contributed by atoms with Gasteiger partial charge in [-0.2, -0.15) is 13.2 Å². The summed E-state index contributed by atoms with van der Waals surface area (Å²) in [7, 11) is 1.40. The van der Waals surface area contributed by atoms with E-state index in [4.69, 9.17) is 27.9 Å².